The maximum atomic E-state index is 10.2. The maximum Gasteiger partial charge on any atom is 0.186 e. The van der Waals surface area contributed by atoms with E-state index in [1.807, 2.05) is 0 Å². The summed E-state index contributed by atoms with van der Waals surface area (Å²) in [5, 5.41) is 48.4. The van der Waals surface area contributed by atoms with Crippen molar-refractivity contribution in [1.82, 2.24) is 0 Å². The molecule has 128 valence electrons. The van der Waals surface area contributed by atoms with Crippen LogP contribution in [0.25, 0.3) is 0 Å². The smallest absolute Gasteiger partial charge is 0.186 e. The Morgan fingerprint density at radius 3 is 2.45 bits per heavy atom. The van der Waals surface area contributed by atoms with Gasteiger partial charge in [-0.3, -0.25) is 0 Å². The van der Waals surface area contributed by atoms with Crippen LogP contribution in [-0.2, 0) is 14.2 Å². The van der Waals surface area contributed by atoms with Crippen LogP contribution in [0.3, 0.4) is 0 Å². The molecule has 0 aliphatic carbocycles. The first kappa shape index (κ1) is 18.0. The van der Waals surface area contributed by atoms with Crippen molar-refractivity contribution in [2.75, 3.05) is 13.7 Å². The lowest BCUT2D eigenvalue weighted by molar-refractivity contribution is -0.251. The van der Waals surface area contributed by atoms with Gasteiger partial charge in [0, 0.05) is 7.11 Å². The molecule has 2 heterocycles. The first-order valence-electron chi connectivity index (χ1n) is 6.95. The van der Waals surface area contributed by atoms with E-state index >= 15 is 0 Å². The van der Waals surface area contributed by atoms with Crippen LogP contribution in [0.4, 0.5) is 0 Å². The third-order valence-corrected chi connectivity index (χ3v) is 5.15. The van der Waals surface area contributed by atoms with Crippen molar-refractivity contribution in [3.8, 4) is 0 Å². The van der Waals surface area contributed by atoms with Gasteiger partial charge in [-0.1, -0.05) is 11.8 Å². The van der Waals surface area contributed by atoms with Crippen LogP contribution in [0.1, 0.15) is 6.92 Å². The molecule has 0 bridgehead atoms. The fraction of sp³-hybridized carbons (Fsp3) is 0.846. The molecule has 9 heteroatoms. The number of methoxy groups -OCH3 is 1. The molecule has 8 nitrogen and oxygen atoms in total. The molecular weight excluding hydrogens is 316 g/mol. The molecule has 0 radical (unpaired) electrons. The Morgan fingerprint density at radius 1 is 1.18 bits per heavy atom. The van der Waals surface area contributed by atoms with E-state index in [2.05, 4.69) is 0 Å². The number of aliphatic hydroxyl groups is 5. The average Bonchev–Trinajstić information content (AvgIpc) is 2.50. The predicted molar refractivity (Wildman–Crippen MR) is 76.8 cm³/mol. The maximum absolute atomic E-state index is 10.2. The fourth-order valence-electron chi connectivity index (χ4n) is 2.43. The summed E-state index contributed by atoms with van der Waals surface area (Å²) in [6, 6.07) is 0. The predicted octanol–water partition coefficient (Wildman–Crippen LogP) is -1.84. The number of hydrogen-bond acceptors (Lipinski definition) is 9. The van der Waals surface area contributed by atoms with Gasteiger partial charge >= 0.3 is 0 Å². The summed E-state index contributed by atoms with van der Waals surface area (Å²) in [6.07, 6.45) is -5.75. The van der Waals surface area contributed by atoms with Gasteiger partial charge in [-0.05, 0) is 13.0 Å². The lowest BCUT2D eigenvalue weighted by Gasteiger charge is -2.41. The van der Waals surface area contributed by atoms with Gasteiger partial charge in [-0.2, -0.15) is 0 Å². The third-order valence-electron chi connectivity index (χ3n) is 3.75. The SMILES string of the molecule is CO[C@H]1O[C@H](C)[C@H](SC2=C[C@H](O)[C@H](O)[C@@H](CO)O2)[C@H](O)[C@H]1O. The second kappa shape index (κ2) is 7.45. The van der Waals surface area contributed by atoms with Gasteiger partial charge in [0.05, 0.1) is 24.1 Å². The second-order valence-corrected chi connectivity index (χ2v) is 6.50. The molecule has 2 aliphatic heterocycles. The number of rotatable bonds is 4. The van der Waals surface area contributed by atoms with Crippen molar-refractivity contribution in [3.63, 3.8) is 0 Å². The Kier molecular flexibility index (Phi) is 6.08. The molecule has 0 saturated carbocycles. The second-order valence-electron chi connectivity index (χ2n) is 5.31. The molecule has 0 unspecified atom stereocenters. The van der Waals surface area contributed by atoms with Crippen molar-refractivity contribution >= 4 is 11.8 Å². The third kappa shape index (κ3) is 3.57. The van der Waals surface area contributed by atoms with E-state index in [0.29, 0.717) is 0 Å². The highest BCUT2D eigenvalue weighted by Crippen LogP contribution is 2.37. The van der Waals surface area contributed by atoms with E-state index in [1.165, 1.54) is 13.2 Å². The largest absolute Gasteiger partial charge is 0.479 e. The van der Waals surface area contributed by atoms with Crippen LogP contribution >= 0.6 is 11.8 Å². The highest BCUT2D eigenvalue weighted by molar-refractivity contribution is 8.03. The van der Waals surface area contributed by atoms with E-state index in [-0.39, 0.29) is 5.09 Å². The van der Waals surface area contributed by atoms with Crippen molar-refractivity contribution in [1.29, 1.82) is 0 Å². The quantitative estimate of drug-likeness (QED) is 0.401. The van der Waals surface area contributed by atoms with E-state index in [4.69, 9.17) is 19.3 Å². The van der Waals surface area contributed by atoms with Crippen LogP contribution in [0.2, 0.25) is 0 Å². The number of ether oxygens (including phenoxy) is 3. The minimum atomic E-state index is -1.22. The molecule has 8 atom stereocenters. The molecule has 5 N–H and O–H groups in total. The van der Waals surface area contributed by atoms with Crippen molar-refractivity contribution in [3.05, 3.63) is 11.2 Å². The van der Waals surface area contributed by atoms with Gasteiger partial charge < -0.3 is 39.7 Å². The molecule has 0 spiro atoms. The summed E-state index contributed by atoms with van der Waals surface area (Å²) in [7, 11) is 1.37. The molecule has 0 aromatic carbocycles. The summed E-state index contributed by atoms with van der Waals surface area (Å²) in [4.78, 5) is 0. The van der Waals surface area contributed by atoms with Crippen LogP contribution in [-0.4, -0.2) is 87.4 Å². The molecule has 22 heavy (non-hydrogen) atoms. The standard InChI is InChI=1S/C13H22O8S/c1-5-12(10(17)11(18)13(19-2)20-5)22-8-3-6(15)9(16)7(4-14)21-8/h3,5-7,9-18H,4H2,1-2H3/t5-,6+,7-,9+,10-,11-,12+,13+/m1/s1. The number of hydrogen-bond donors (Lipinski definition) is 5. The lowest BCUT2D eigenvalue weighted by atomic mass is 10.0. The monoisotopic (exact) mass is 338 g/mol. The minimum Gasteiger partial charge on any atom is -0.479 e. The van der Waals surface area contributed by atoms with Gasteiger partial charge in [0.25, 0.3) is 0 Å². The molecule has 1 fully saturated rings. The van der Waals surface area contributed by atoms with Crippen LogP contribution in [0.15, 0.2) is 11.2 Å². The highest BCUT2D eigenvalue weighted by Gasteiger charge is 2.44. The molecule has 1 saturated heterocycles. The lowest BCUT2D eigenvalue weighted by Crippen LogP contribution is -2.56. The normalized spacial score (nSPS) is 46.0. The Bertz CT molecular complexity index is 406. The summed E-state index contributed by atoms with van der Waals surface area (Å²) >= 11 is 1.06. The zero-order valence-electron chi connectivity index (χ0n) is 12.3. The van der Waals surface area contributed by atoms with E-state index in [9.17, 15) is 20.4 Å². The summed E-state index contributed by atoms with van der Waals surface area (Å²) < 4.78 is 15.8. The van der Waals surface area contributed by atoms with E-state index in [1.54, 1.807) is 6.92 Å². The molecule has 0 aromatic rings. The van der Waals surface area contributed by atoms with Crippen LogP contribution in [0, 0.1) is 0 Å². The number of aliphatic hydroxyl groups excluding tert-OH is 5. The van der Waals surface area contributed by atoms with Gasteiger partial charge in [0.1, 0.15) is 18.3 Å². The van der Waals surface area contributed by atoms with E-state index < -0.39 is 54.8 Å². The van der Waals surface area contributed by atoms with Crippen molar-refractivity contribution in [2.24, 2.45) is 0 Å². The summed E-state index contributed by atoms with van der Waals surface area (Å²) in [6.45, 7) is 1.26. The molecule has 0 aromatic heterocycles. The van der Waals surface area contributed by atoms with Gasteiger partial charge in [-0.15, -0.1) is 0 Å². The zero-order chi connectivity index (χ0) is 16.4. The zero-order valence-corrected chi connectivity index (χ0v) is 13.1. The first-order chi connectivity index (χ1) is 10.4. The Morgan fingerprint density at radius 2 is 1.86 bits per heavy atom. The van der Waals surface area contributed by atoms with Crippen molar-refractivity contribution < 1.29 is 39.7 Å². The minimum absolute atomic E-state index is 0.249. The van der Waals surface area contributed by atoms with E-state index in [0.717, 1.165) is 11.8 Å². The molecule has 2 aliphatic rings. The Hall–Kier alpha value is -0.390. The van der Waals surface area contributed by atoms with Gasteiger partial charge in [0.15, 0.2) is 17.5 Å². The van der Waals surface area contributed by atoms with Crippen LogP contribution in [0.5, 0.6) is 0 Å². The molecule has 2 rings (SSSR count). The number of thioether (sulfide) groups is 1. The van der Waals surface area contributed by atoms with Gasteiger partial charge in [0.2, 0.25) is 0 Å². The first-order valence-corrected chi connectivity index (χ1v) is 7.83. The summed E-state index contributed by atoms with van der Waals surface area (Å²) in [5.74, 6) is 0. The van der Waals surface area contributed by atoms with Gasteiger partial charge in [-0.25, -0.2) is 0 Å². The van der Waals surface area contributed by atoms with Crippen LogP contribution < -0.4 is 0 Å². The Balaban J connectivity index is 2.08. The fourth-order valence-corrected chi connectivity index (χ4v) is 3.65. The van der Waals surface area contributed by atoms with Crippen molar-refractivity contribution in [2.45, 2.75) is 55.1 Å². The Labute approximate surface area is 132 Å². The average molecular weight is 338 g/mol. The molecule has 0 amide bonds. The highest BCUT2D eigenvalue weighted by atomic mass is 32.2. The molecular formula is C13H22O8S. The summed E-state index contributed by atoms with van der Waals surface area (Å²) in [5.41, 5.74) is 0. The topological polar surface area (TPSA) is 129 Å².